The van der Waals surface area contributed by atoms with Crippen LogP contribution in [0.4, 0.5) is 5.69 Å². The number of nitrogens with one attached hydrogen (secondary N) is 1. The van der Waals surface area contributed by atoms with Gasteiger partial charge in [-0.05, 0) is 48.6 Å². The molecule has 0 saturated heterocycles. The lowest BCUT2D eigenvalue weighted by atomic mass is 9.69. The Morgan fingerprint density at radius 1 is 1.03 bits per heavy atom. The van der Waals surface area contributed by atoms with Crippen LogP contribution in [-0.4, -0.2) is 26.7 Å². The van der Waals surface area contributed by atoms with Gasteiger partial charge < -0.3 is 20.5 Å². The van der Waals surface area contributed by atoms with Crippen molar-refractivity contribution in [3.63, 3.8) is 0 Å². The molecule has 5 nitrogen and oxygen atoms in total. The maximum absolute atomic E-state index is 12.6. The molecular formula is C24H33ClN2O3. The van der Waals surface area contributed by atoms with Gasteiger partial charge in [0.05, 0.1) is 14.2 Å². The number of rotatable bonds is 8. The smallest absolute Gasteiger partial charge is 0.220 e. The average molecular weight is 433 g/mol. The number of halogens is 1. The molecule has 0 heterocycles. The Balaban J connectivity index is 0.00000320. The Kier molecular flexibility index (Phi) is 8.85. The van der Waals surface area contributed by atoms with Crippen molar-refractivity contribution < 1.29 is 14.3 Å². The number of benzene rings is 2. The summed E-state index contributed by atoms with van der Waals surface area (Å²) in [6.07, 6.45) is 6.81. The number of aryl methyl sites for hydroxylation is 1. The van der Waals surface area contributed by atoms with E-state index in [0.717, 1.165) is 35.6 Å². The summed E-state index contributed by atoms with van der Waals surface area (Å²) in [5, 5.41) is 3.20. The summed E-state index contributed by atoms with van der Waals surface area (Å²) in [7, 11) is 3.31. The normalized spacial score (nSPS) is 15.0. The molecule has 3 N–H and O–H groups in total. The molecule has 2 aromatic carbocycles. The van der Waals surface area contributed by atoms with Gasteiger partial charge in [-0.2, -0.15) is 0 Å². The summed E-state index contributed by atoms with van der Waals surface area (Å²) in [5.41, 5.74) is 8.91. The molecule has 1 amide bonds. The van der Waals surface area contributed by atoms with Gasteiger partial charge in [0.1, 0.15) is 0 Å². The fourth-order valence-corrected chi connectivity index (χ4v) is 4.33. The summed E-state index contributed by atoms with van der Waals surface area (Å²) in [5.74, 6) is 1.53. The van der Waals surface area contributed by atoms with Gasteiger partial charge in [-0.15, -0.1) is 12.4 Å². The molecule has 30 heavy (non-hydrogen) atoms. The molecule has 0 aliphatic heterocycles. The quantitative estimate of drug-likeness (QED) is 0.595. The van der Waals surface area contributed by atoms with E-state index in [4.69, 9.17) is 15.2 Å². The Labute approximate surface area is 185 Å². The van der Waals surface area contributed by atoms with Gasteiger partial charge in [0.2, 0.25) is 5.91 Å². The second-order valence-electron chi connectivity index (χ2n) is 7.89. The predicted octanol–water partition coefficient (Wildman–Crippen LogP) is 4.66. The van der Waals surface area contributed by atoms with E-state index in [9.17, 15) is 4.79 Å². The number of methoxy groups -OCH3 is 2. The molecule has 0 bridgehead atoms. The number of amides is 1. The lowest BCUT2D eigenvalue weighted by Gasteiger charge is -2.38. The van der Waals surface area contributed by atoms with Crippen LogP contribution in [0, 0.1) is 0 Å². The lowest BCUT2D eigenvalue weighted by molar-refractivity contribution is -0.121. The zero-order valence-corrected chi connectivity index (χ0v) is 18.7. The molecule has 1 saturated carbocycles. The standard InChI is InChI=1S/C24H32N2O3.ClH/c1-28-21-12-11-19(16-22(21)29-2)24(14-6-3-7-15-24)17-26-23(27)13-10-18-8-4-5-9-20(18)25;/h4-5,8-9,11-12,16H,3,6-7,10,13-15,17,25H2,1-2H3,(H,26,27);1H. The largest absolute Gasteiger partial charge is 0.493 e. The van der Waals surface area contributed by atoms with Crippen LogP contribution in [0.5, 0.6) is 11.5 Å². The van der Waals surface area contributed by atoms with Crippen molar-refractivity contribution in [3.8, 4) is 11.5 Å². The van der Waals surface area contributed by atoms with Crippen LogP contribution in [0.25, 0.3) is 0 Å². The van der Waals surface area contributed by atoms with E-state index in [0.29, 0.717) is 19.4 Å². The highest BCUT2D eigenvalue weighted by Gasteiger charge is 2.35. The molecule has 6 heteroatoms. The summed E-state index contributed by atoms with van der Waals surface area (Å²) in [4.78, 5) is 12.6. The molecule has 0 atom stereocenters. The van der Waals surface area contributed by atoms with E-state index >= 15 is 0 Å². The molecule has 3 rings (SSSR count). The van der Waals surface area contributed by atoms with Crippen LogP contribution in [0.15, 0.2) is 42.5 Å². The second-order valence-corrected chi connectivity index (χ2v) is 7.89. The number of ether oxygens (including phenoxy) is 2. The fourth-order valence-electron chi connectivity index (χ4n) is 4.33. The zero-order chi connectivity index (χ0) is 20.7. The number of nitrogens with two attached hydrogens (primary N) is 1. The highest BCUT2D eigenvalue weighted by atomic mass is 35.5. The maximum Gasteiger partial charge on any atom is 0.220 e. The summed E-state index contributed by atoms with van der Waals surface area (Å²) in [6, 6.07) is 13.9. The van der Waals surface area contributed by atoms with Gasteiger partial charge in [-0.25, -0.2) is 0 Å². The number of hydrogen-bond acceptors (Lipinski definition) is 4. The van der Waals surface area contributed by atoms with Crippen molar-refractivity contribution >= 4 is 24.0 Å². The number of anilines is 1. The van der Waals surface area contributed by atoms with Crippen LogP contribution < -0.4 is 20.5 Å². The van der Waals surface area contributed by atoms with Gasteiger partial charge in [0.25, 0.3) is 0 Å². The molecule has 0 aromatic heterocycles. The minimum absolute atomic E-state index is 0. The van der Waals surface area contributed by atoms with Gasteiger partial charge in [-0.1, -0.05) is 43.5 Å². The second kappa shape index (κ2) is 11.1. The summed E-state index contributed by atoms with van der Waals surface area (Å²) in [6.45, 7) is 0.644. The van der Waals surface area contributed by atoms with Gasteiger partial charge in [0.15, 0.2) is 11.5 Å². The predicted molar refractivity (Wildman–Crippen MR) is 124 cm³/mol. The number of carbonyl (C=O) groups excluding carboxylic acids is 1. The molecule has 0 unspecified atom stereocenters. The average Bonchev–Trinajstić information content (AvgIpc) is 2.77. The first-order valence-corrected chi connectivity index (χ1v) is 10.4. The molecule has 1 aliphatic rings. The first-order valence-electron chi connectivity index (χ1n) is 10.4. The highest BCUT2D eigenvalue weighted by molar-refractivity contribution is 5.85. The zero-order valence-electron chi connectivity index (χ0n) is 17.9. The Bertz CT molecular complexity index is 835. The molecule has 1 aliphatic carbocycles. The summed E-state index contributed by atoms with van der Waals surface area (Å²) >= 11 is 0. The van der Waals surface area contributed by atoms with Gasteiger partial charge in [0, 0.05) is 24.1 Å². The summed E-state index contributed by atoms with van der Waals surface area (Å²) < 4.78 is 10.9. The van der Waals surface area contributed by atoms with Crippen LogP contribution in [0.1, 0.15) is 49.7 Å². The molecule has 0 spiro atoms. The van der Waals surface area contributed by atoms with Crippen molar-refractivity contribution in [2.45, 2.75) is 50.4 Å². The lowest BCUT2D eigenvalue weighted by Crippen LogP contribution is -2.42. The van der Waals surface area contributed by atoms with E-state index in [-0.39, 0.29) is 23.7 Å². The number of nitrogen functional groups attached to an aromatic ring is 1. The monoisotopic (exact) mass is 432 g/mol. The van der Waals surface area contributed by atoms with E-state index in [1.54, 1.807) is 14.2 Å². The van der Waals surface area contributed by atoms with E-state index < -0.39 is 0 Å². The number of para-hydroxylation sites is 1. The SMILES string of the molecule is COc1ccc(C2(CNC(=O)CCc3ccccc3N)CCCCC2)cc1OC.Cl. The third-order valence-corrected chi connectivity index (χ3v) is 6.11. The number of hydrogen-bond donors (Lipinski definition) is 2. The van der Waals surface area contributed by atoms with Crippen LogP contribution in [0.3, 0.4) is 0 Å². The highest BCUT2D eigenvalue weighted by Crippen LogP contribution is 2.42. The van der Waals surface area contributed by atoms with Crippen molar-refractivity contribution in [1.82, 2.24) is 5.32 Å². The molecule has 0 radical (unpaired) electrons. The fraction of sp³-hybridized carbons (Fsp3) is 0.458. The Morgan fingerprint density at radius 2 is 1.73 bits per heavy atom. The molecular weight excluding hydrogens is 400 g/mol. The van der Waals surface area contributed by atoms with Crippen LogP contribution >= 0.6 is 12.4 Å². The van der Waals surface area contributed by atoms with E-state index in [1.807, 2.05) is 30.3 Å². The Morgan fingerprint density at radius 3 is 2.40 bits per heavy atom. The third-order valence-electron chi connectivity index (χ3n) is 6.11. The topological polar surface area (TPSA) is 73.6 Å². The molecule has 164 valence electrons. The van der Waals surface area contributed by atoms with Crippen LogP contribution in [-0.2, 0) is 16.6 Å². The first kappa shape index (κ1) is 23.9. The van der Waals surface area contributed by atoms with Crippen molar-refractivity contribution in [1.29, 1.82) is 0 Å². The number of carbonyl (C=O) groups is 1. The molecule has 1 fully saturated rings. The minimum atomic E-state index is -0.0563. The van der Waals surface area contributed by atoms with Crippen LogP contribution in [0.2, 0.25) is 0 Å². The van der Waals surface area contributed by atoms with Crippen molar-refractivity contribution in [2.75, 3.05) is 26.5 Å². The van der Waals surface area contributed by atoms with E-state index in [2.05, 4.69) is 17.4 Å². The third kappa shape index (κ3) is 5.60. The van der Waals surface area contributed by atoms with E-state index in [1.165, 1.54) is 24.8 Å². The van der Waals surface area contributed by atoms with Gasteiger partial charge >= 0.3 is 0 Å². The first-order chi connectivity index (χ1) is 14.1. The molecule has 2 aromatic rings. The van der Waals surface area contributed by atoms with Crippen molar-refractivity contribution in [2.24, 2.45) is 0 Å². The maximum atomic E-state index is 12.6. The minimum Gasteiger partial charge on any atom is -0.493 e. The Hall–Kier alpha value is -2.40. The van der Waals surface area contributed by atoms with Crippen molar-refractivity contribution in [3.05, 3.63) is 53.6 Å². The van der Waals surface area contributed by atoms with Gasteiger partial charge in [-0.3, -0.25) is 4.79 Å².